The molecular formula is C17H19F3N6. The molecule has 0 radical (unpaired) electrons. The van der Waals surface area contributed by atoms with Gasteiger partial charge in [-0.2, -0.15) is 23.4 Å². The Balaban J connectivity index is 1.90. The number of halogens is 3. The summed E-state index contributed by atoms with van der Waals surface area (Å²) in [7, 11) is 1.85. The smallest absolute Gasteiger partial charge is 0.272 e. The quantitative estimate of drug-likeness (QED) is 0.698. The monoisotopic (exact) mass is 364 g/mol. The maximum atomic E-state index is 12.9. The summed E-state index contributed by atoms with van der Waals surface area (Å²) >= 11 is 0. The SMILES string of the molecule is Cc1nn(C)c(C)c1CCc1nc(-c2ccncc2)nn1CC(F)(F)F. The Hall–Kier alpha value is -2.71. The predicted octanol–water partition coefficient (Wildman–Crippen LogP) is 3.04. The van der Waals surface area contributed by atoms with Gasteiger partial charge in [0.05, 0.1) is 5.69 Å². The Morgan fingerprint density at radius 3 is 2.31 bits per heavy atom. The molecule has 0 atom stereocenters. The lowest BCUT2D eigenvalue weighted by Gasteiger charge is -2.09. The van der Waals surface area contributed by atoms with Crippen molar-refractivity contribution >= 4 is 0 Å². The lowest BCUT2D eigenvalue weighted by Crippen LogP contribution is -2.21. The average Bonchev–Trinajstić information content (AvgIpc) is 3.06. The van der Waals surface area contributed by atoms with Gasteiger partial charge in [-0.3, -0.25) is 9.67 Å². The van der Waals surface area contributed by atoms with Crippen molar-refractivity contribution in [3.8, 4) is 11.4 Å². The van der Waals surface area contributed by atoms with Crippen molar-refractivity contribution < 1.29 is 13.2 Å². The van der Waals surface area contributed by atoms with Gasteiger partial charge >= 0.3 is 6.18 Å². The van der Waals surface area contributed by atoms with Gasteiger partial charge in [-0.15, -0.1) is 0 Å². The van der Waals surface area contributed by atoms with Crippen LogP contribution in [0.3, 0.4) is 0 Å². The molecule has 0 bridgehead atoms. The van der Waals surface area contributed by atoms with Gasteiger partial charge in [-0.05, 0) is 38.0 Å². The number of aromatic nitrogens is 6. The van der Waals surface area contributed by atoms with E-state index >= 15 is 0 Å². The molecule has 0 spiro atoms. The Labute approximate surface area is 148 Å². The first kappa shape index (κ1) is 18.1. The highest BCUT2D eigenvalue weighted by Gasteiger charge is 2.30. The highest BCUT2D eigenvalue weighted by Crippen LogP contribution is 2.22. The van der Waals surface area contributed by atoms with Crippen molar-refractivity contribution in [1.82, 2.24) is 29.5 Å². The van der Waals surface area contributed by atoms with Crippen LogP contribution < -0.4 is 0 Å². The molecule has 0 aliphatic heterocycles. The zero-order valence-electron chi connectivity index (χ0n) is 14.7. The number of aryl methyl sites for hydroxylation is 3. The van der Waals surface area contributed by atoms with Gasteiger partial charge < -0.3 is 0 Å². The molecule has 0 fully saturated rings. The molecule has 9 heteroatoms. The van der Waals surface area contributed by atoms with Crippen molar-refractivity contribution in [1.29, 1.82) is 0 Å². The van der Waals surface area contributed by atoms with Crippen LogP contribution in [-0.2, 0) is 26.4 Å². The number of hydrogen-bond acceptors (Lipinski definition) is 4. The summed E-state index contributed by atoms with van der Waals surface area (Å²) in [4.78, 5) is 8.25. The molecule has 0 aliphatic rings. The van der Waals surface area contributed by atoms with E-state index in [1.807, 2.05) is 20.9 Å². The molecule has 138 valence electrons. The third kappa shape index (κ3) is 3.92. The molecule has 3 aromatic heterocycles. The van der Waals surface area contributed by atoms with E-state index in [0.29, 0.717) is 24.2 Å². The van der Waals surface area contributed by atoms with E-state index in [4.69, 9.17) is 0 Å². The minimum atomic E-state index is -4.36. The number of hydrogen-bond donors (Lipinski definition) is 0. The highest BCUT2D eigenvalue weighted by atomic mass is 19.4. The summed E-state index contributed by atoms with van der Waals surface area (Å²) in [6.45, 7) is 2.68. The van der Waals surface area contributed by atoms with Crippen LogP contribution in [0.4, 0.5) is 13.2 Å². The molecule has 0 saturated heterocycles. The van der Waals surface area contributed by atoms with E-state index in [9.17, 15) is 13.2 Å². The molecule has 0 amide bonds. The maximum Gasteiger partial charge on any atom is 0.408 e. The highest BCUT2D eigenvalue weighted by molar-refractivity contribution is 5.53. The first-order chi connectivity index (χ1) is 12.2. The third-order valence-corrected chi connectivity index (χ3v) is 4.27. The second-order valence-electron chi connectivity index (χ2n) is 6.13. The van der Waals surface area contributed by atoms with Crippen LogP contribution in [-0.4, -0.2) is 35.7 Å². The molecule has 0 aliphatic carbocycles. The van der Waals surface area contributed by atoms with E-state index in [0.717, 1.165) is 21.6 Å². The largest absolute Gasteiger partial charge is 0.408 e. The number of pyridine rings is 1. The van der Waals surface area contributed by atoms with Crippen molar-refractivity contribution in [2.75, 3.05) is 0 Å². The van der Waals surface area contributed by atoms with Gasteiger partial charge in [0.25, 0.3) is 0 Å². The van der Waals surface area contributed by atoms with Crippen molar-refractivity contribution in [3.63, 3.8) is 0 Å². The Morgan fingerprint density at radius 2 is 1.73 bits per heavy atom. The minimum absolute atomic E-state index is 0.270. The lowest BCUT2D eigenvalue weighted by atomic mass is 10.1. The topological polar surface area (TPSA) is 61.4 Å². The molecule has 26 heavy (non-hydrogen) atoms. The summed E-state index contributed by atoms with van der Waals surface area (Å²) in [5.74, 6) is 0.572. The first-order valence-corrected chi connectivity index (χ1v) is 8.14. The van der Waals surface area contributed by atoms with E-state index in [2.05, 4.69) is 20.2 Å². The summed E-state index contributed by atoms with van der Waals surface area (Å²) in [5, 5.41) is 8.41. The zero-order chi connectivity index (χ0) is 18.9. The first-order valence-electron chi connectivity index (χ1n) is 8.14. The maximum absolute atomic E-state index is 12.9. The molecule has 0 saturated carbocycles. The second-order valence-corrected chi connectivity index (χ2v) is 6.13. The van der Waals surface area contributed by atoms with Gasteiger partial charge in [0.15, 0.2) is 5.82 Å². The van der Waals surface area contributed by atoms with Crippen LogP contribution in [0.5, 0.6) is 0 Å². The van der Waals surface area contributed by atoms with Gasteiger partial charge in [-0.25, -0.2) is 9.67 Å². The van der Waals surface area contributed by atoms with E-state index < -0.39 is 12.7 Å². The summed E-state index contributed by atoms with van der Waals surface area (Å²) < 4.78 is 41.5. The van der Waals surface area contributed by atoms with Crippen LogP contribution in [0.2, 0.25) is 0 Å². The Bertz CT molecular complexity index is 895. The molecule has 3 aromatic rings. The molecule has 0 unspecified atom stereocenters. The normalized spacial score (nSPS) is 11.9. The van der Waals surface area contributed by atoms with Crippen molar-refractivity contribution in [3.05, 3.63) is 47.3 Å². The van der Waals surface area contributed by atoms with Crippen LogP contribution in [0.15, 0.2) is 24.5 Å². The number of alkyl halides is 3. The van der Waals surface area contributed by atoms with Gasteiger partial charge in [0, 0.05) is 37.1 Å². The number of rotatable bonds is 5. The van der Waals surface area contributed by atoms with Gasteiger partial charge in [-0.1, -0.05) is 0 Å². The van der Waals surface area contributed by atoms with Gasteiger partial charge in [0.1, 0.15) is 12.4 Å². The fraction of sp³-hybridized carbons (Fsp3) is 0.412. The molecule has 3 rings (SSSR count). The standard InChI is InChI=1S/C17H19F3N6/c1-11-14(12(2)25(3)23-11)4-5-15-22-16(13-6-8-21-9-7-13)24-26(15)10-17(18,19)20/h6-9H,4-5,10H2,1-3H3. The van der Waals surface area contributed by atoms with Crippen molar-refractivity contribution in [2.24, 2.45) is 7.05 Å². The summed E-state index contributed by atoms with van der Waals surface area (Å²) in [6, 6.07) is 3.35. The fourth-order valence-electron chi connectivity index (χ4n) is 2.90. The summed E-state index contributed by atoms with van der Waals surface area (Å²) in [5.41, 5.74) is 3.54. The molecular weight excluding hydrogens is 345 g/mol. The van der Waals surface area contributed by atoms with Crippen LogP contribution >= 0.6 is 0 Å². The molecule has 6 nitrogen and oxygen atoms in total. The fourth-order valence-corrected chi connectivity index (χ4v) is 2.90. The van der Waals surface area contributed by atoms with Crippen molar-refractivity contribution in [2.45, 2.75) is 39.4 Å². The van der Waals surface area contributed by atoms with E-state index in [-0.39, 0.29) is 5.82 Å². The van der Waals surface area contributed by atoms with E-state index in [1.165, 1.54) is 0 Å². The lowest BCUT2D eigenvalue weighted by molar-refractivity contribution is -0.143. The van der Waals surface area contributed by atoms with Crippen LogP contribution in [0, 0.1) is 13.8 Å². The minimum Gasteiger partial charge on any atom is -0.272 e. The predicted molar refractivity (Wildman–Crippen MR) is 89.4 cm³/mol. The molecule has 0 aromatic carbocycles. The summed E-state index contributed by atoms with van der Waals surface area (Å²) in [6.07, 6.45) is -0.346. The van der Waals surface area contributed by atoms with E-state index in [1.54, 1.807) is 29.2 Å². The average molecular weight is 364 g/mol. The van der Waals surface area contributed by atoms with Gasteiger partial charge in [0.2, 0.25) is 0 Å². The molecule has 3 heterocycles. The zero-order valence-corrected chi connectivity index (χ0v) is 14.7. The number of nitrogens with zero attached hydrogens (tertiary/aromatic N) is 6. The van der Waals surface area contributed by atoms with Crippen LogP contribution in [0.25, 0.3) is 11.4 Å². The second kappa shape index (κ2) is 6.89. The van der Waals surface area contributed by atoms with Crippen LogP contribution in [0.1, 0.15) is 22.8 Å². The molecule has 0 N–H and O–H groups in total. The Kier molecular flexibility index (Phi) is 4.80. The Morgan fingerprint density at radius 1 is 1.04 bits per heavy atom. The third-order valence-electron chi connectivity index (χ3n) is 4.27.